The molecule has 2 aromatic heterocycles. The highest BCUT2D eigenvalue weighted by atomic mass is 32.1. The molecular weight excluding hydrogens is 344 g/mol. The average molecular weight is 366 g/mol. The molecule has 26 heavy (non-hydrogen) atoms. The van der Waals surface area contributed by atoms with Crippen LogP contribution in [0, 0.1) is 0 Å². The van der Waals surface area contributed by atoms with Crippen LogP contribution < -0.4 is 9.47 Å². The molecule has 1 aliphatic carbocycles. The topological polar surface area (TPSA) is 44.2 Å². The van der Waals surface area contributed by atoms with Gasteiger partial charge in [-0.1, -0.05) is 6.42 Å². The molecule has 0 amide bonds. The predicted molar refractivity (Wildman–Crippen MR) is 105 cm³/mol. The quantitative estimate of drug-likeness (QED) is 0.590. The maximum Gasteiger partial charge on any atom is 0.162 e. The van der Waals surface area contributed by atoms with Crippen molar-refractivity contribution in [2.45, 2.75) is 38.2 Å². The lowest BCUT2D eigenvalue weighted by molar-refractivity contribution is 0.149. The third kappa shape index (κ3) is 3.73. The number of nitrogens with zero attached hydrogens (tertiary/aromatic N) is 2. The molecule has 1 aromatic carbocycles. The van der Waals surface area contributed by atoms with Gasteiger partial charge in [-0.3, -0.25) is 4.98 Å². The molecule has 1 aliphatic rings. The summed E-state index contributed by atoms with van der Waals surface area (Å²) in [7, 11) is 1.69. The van der Waals surface area contributed by atoms with Crippen LogP contribution in [0.2, 0.25) is 0 Å². The number of rotatable bonds is 5. The fourth-order valence-electron chi connectivity index (χ4n) is 3.33. The van der Waals surface area contributed by atoms with Crippen LogP contribution >= 0.6 is 11.3 Å². The van der Waals surface area contributed by atoms with E-state index in [1.165, 1.54) is 19.3 Å². The zero-order valence-corrected chi connectivity index (χ0v) is 15.7. The number of hydrogen-bond donors (Lipinski definition) is 0. The van der Waals surface area contributed by atoms with E-state index < -0.39 is 0 Å². The molecule has 0 radical (unpaired) electrons. The van der Waals surface area contributed by atoms with Crippen LogP contribution in [0.3, 0.4) is 0 Å². The van der Waals surface area contributed by atoms with Crippen molar-refractivity contribution in [1.82, 2.24) is 9.97 Å². The van der Waals surface area contributed by atoms with Crippen molar-refractivity contribution in [3.63, 3.8) is 0 Å². The monoisotopic (exact) mass is 366 g/mol. The minimum Gasteiger partial charge on any atom is -0.493 e. The second-order valence-electron chi connectivity index (χ2n) is 6.52. The van der Waals surface area contributed by atoms with Crippen LogP contribution in [-0.4, -0.2) is 23.2 Å². The smallest absolute Gasteiger partial charge is 0.162 e. The fourth-order valence-corrected chi connectivity index (χ4v) is 4.15. The van der Waals surface area contributed by atoms with E-state index in [9.17, 15) is 0 Å². The van der Waals surface area contributed by atoms with Gasteiger partial charge in [0.1, 0.15) is 5.01 Å². The molecule has 0 unspecified atom stereocenters. The lowest BCUT2D eigenvalue weighted by Gasteiger charge is -2.24. The van der Waals surface area contributed by atoms with Crippen molar-refractivity contribution in [3.05, 3.63) is 48.1 Å². The maximum absolute atomic E-state index is 6.27. The lowest BCUT2D eigenvalue weighted by atomic mass is 9.98. The molecule has 0 saturated heterocycles. The van der Waals surface area contributed by atoms with E-state index in [-0.39, 0.29) is 6.10 Å². The third-order valence-corrected chi connectivity index (χ3v) is 5.63. The summed E-state index contributed by atoms with van der Waals surface area (Å²) in [6.45, 7) is 0. The molecule has 4 nitrogen and oxygen atoms in total. The largest absolute Gasteiger partial charge is 0.493 e. The Hall–Kier alpha value is -2.40. The van der Waals surface area contributed by atoms with Gasteiger partial charge in [-0.2, -0.15) is 0 Å². The second-order valence-corrected chi connectivity index (χ2v) is 7.38. The van der Waals surface area contributed by atoms with Gasteiger partial charge < -0.3 is 9.47 Å². The highest BCUT2D eigenvalue weighted by Crippen LogP contribution is 2.37. The number of ether oxygens (including phenoxy) is 2. The minimum atomic E-state index is 0.288. The van der Waals surface area contributed by atoms with Crippen molar-refractivity contribution in [3.8, 4) is 33.3 Å². The molecule has 5 heteroatoms. The lowest BCUT2D eigenvalue weighted by Crippen LogP contribution is -2.19. The molecular formula is C21H22N2O2S. The number of benzene rings is 1. The summed E-state index contributed by atoms with van der Waals surface area (Å²) in [6.07, 6.45) is 9.91. The molecule has 1 fully saturated rings. The van der Waals surface area contributed by atoms with Crippen LogP contribution in [0.1, 0.15) is 32.1 Å². The molecule has 1 saturated carbocycles. The molecule has 134 valence electrons. The van der Waals surface area contributed by atoms with Gasteiger partial charge in [0.15, 0.2) is 11.5 Å². The zero-order chi connectivity index (χ0) is 17.8. The van der Waals surface area contributed by atoms with Crippen LogP contribution in [0.5, 0.6) is 11.5 Å². The standard InChI is InChI=1S/C21H22N2O2S/c1-24-19-8-7-16(13-20(19)25-17-5-3-2-4-6-17)21-23-18(14-26-21)15-9-11-22-12-10-15/h7-14,17H,2-6H2,1H3. The van der Waals surface area contributed by atoms with Gasteiger partial charge in [0.2, 0.25) is 0 Å². The Labute approximate surface area is 157 Å². The Morgan fingerprint density at radius 2 is 1.77 bits per heavy atom. The molecule has 4 rings (SSSR count). The normalized spacial score (nSPS) is 15.0. The Morgan fingerprint density at radius 3 is 2.54 bits per heavy atom. The van der Waals surface area contributed by atoms with Crippen LogP contribution in [0.15, 0.2) is 48.1 Å². The Balaban J connectivity index is 1.60. The number of aromatic nitrogens is 2. The Morgan fingerprint density at radius 1 is 0.962 bits per heavy atom. The highest BCUT2D eigenvalue weighted by molar-refractivity contribution is 7.13. The van der Waals surface area contributed by atoms with Crippen LogP contribution in [0.25, 0.3) is 21.8 Å². The van der Waals surface area contributed by atoms with Crippen molar-refractivity contribution < 1.29 is 9.47 Å². The maximum atomic E-state index is 6.27. The summed E-state index contributed by atoms with van der Waals surface area (Å²) in [5.41, 5.74) is 3.11. The van der Waals surface area contributed by atoms with E-state index in [1.807, 2.05) is 24.3 Å². The van der Waals surface area contributed by atoms with E-state index in [4.69, 9.17) is 14.5 Å². The summed E-state index contributed by atoms with van der Waals surface area (Å²) in [4.78, 5) is 8.86. The van der Waals surface area contributed by atoms with Crippen molar-refractivity contribution in [2.75, 3.05) is 7.11 Å². The van der Waals surface area contributed by atoms with Crippen LogP contribution in [0.4, 0.5) is 0 Å². The van der Waals surface area contributed by atoms with Crippen molar-refractivity contribution >= 4 is 11.3 Å². The molecule has 0 bridgehead atoms. The van der Waals surface area contributed by atoms with E-state index in [0.717, 1.165) is 46.2 Å². The van der Waals surface area contributed by atoms with E-state index >= 15 is 0 Å². The Bertz CT molecular complexity index is 857. The molecule has 0 N–H and O–H groups in total. The van der Waals surface area contributed by atoms with Gasteiger partial charge in [0, 0.05) is 28.9 Å². The van der Waals surface area contributed by atoms with Gasteiger partial charge in [0.25, 0.3) is 0 Å². The average Bonchev–Trinajstić information content (AvgIpc) is 3.20. The molecule has 3 aromatic rings. The third-order valence-electron chi connectivity index (χ3n) is 4.74. The molecule has 2 heterocycles. The van der Waals surface area contributed by atoms with E-state index in [2.05, 4.69) is 16.4 Å². The number of thiazole rings is 1. The fraction of sp³-hybridized carbons (Fsp3) is 0.333. The molecule has 0 atom stereocenters. The van der Waals surface area contributed by atoms with Gasteiger partial charge in [-0.25, -0.2) is 4.98 Å². The predicted octanol–water partition coefficient (Wildman–Crippen LogP) is 5.59. The first-order valence-corrected chi connectivity index (χ1v) is 9.92. The minimum absolute atomic E-state index is 0.288. The summed E-state index contributed by atoms with van der Waals surface area (Å²) in [5.74, 6) is 1.60. The highest BCUT2D eigenvalue weighted by Gasteiger charge is 2.18. The summed E-state index contributed by atoms with van der Waals surface area (Å²) in [5, 5.41) is 3.06. The zero-order valence-electron chi connectivity index (χ0n) is 14.9. The van der Waals surface area contributed by atoms with Crippen molar-refractivity contribution in [1.29, 1.82) is 0 Å². The summed E-state index contributed by atoms with van der Waals surface area (Å²) in [6, 6.07) is 10.0. The van der Waals surface area contributed by atoms with Gasteiger partial charge in [0.05, 0.1) is 18.9 Å². The van der Waals surface area contributed by atoms with Gasteiger partial charge in [-0.05, 0) is 56.0 Å². The SMILES string of the molecule is COc1ccc(-c2nc(-c3ccncc3)cs2)cc1OC1CCCCC1. The summed E-state index contributed by atoms with van der Waals surface area (Å²) < 4.78 is 11.8. The first-order valence-electron chi connectivity index (χ1n) is 9.04. The number of pyridine rings is 1. The van der Waals surface area contributed by atoms with Crippen molar-refractivity contribution in [2.24, 2.45) is 0 Å². The first-order chi connectivity index (χ1) is 12.8. The van der Waals surface area contributed by atoms with E-state index in [0.29, 0.717) is 0 Å². The van der Waals surface area contributed by atoms with Gasteiger partial charge in [-0.15, -0.1) is 11.3 Å². The number of methoxy groups -OCH3 is 1. The number of hydrogen-bond acceptors (Lipinski definition) is 5. The Kier molecular flexibility index (Phi) is 5.16. The molecule has 0 aliphatic heterocycles. The molecule has 0 spiro atoms. The van der Waals surface area contributed by atoms with Crippen LogP contribution in [-0.2, 0) is 0 Å². The van der Waals surface area contributed by atoms with Gasteiger partial charge >= 0.3 is 0 Å². The summed E-state index contributed by atoms with van der Waals surface area (Å²) >= 11 is 1.64. The second kappa shape index (κ2) is 7.87. The first kappa shape index (κ1) is 17.0. The van der Waals surface area contributed by atoms with E-state index in [1.54, 1.807) is 30.8 Å².